The Bertz CT molecular complexity index is 865. The van der Waals surface area contributed by atoms with Gasteiger partial charge in [0.25, 0.3) is 5.91 Å². The second-order valence-corrected chi connectivity index (χ2v) is 7.21. The van der Waals surface area contributed by atoms with E-state index in [1.807, 2.05) is 0 Å². The van der Waals surface area contributed by atoms with Gasteiger partial charge in [-0.2, -0.15) is 8.78 Å². The van der Waals surface area contributed by atoms with Crippen molar-refractivity contribution in [3.8, 4) is 5.75 Å². The number of pyridine rings is 1. The molecule has 1 fully saturated rings. The van der Waals surface area contributed by atoms with Gasteiger partial charge in [0.1, 0.15) is 5.75 Å². The van der Waals surface area contributed by atoms with Crippen LogP contribution in [-0.4, -0.2) is 48.4 Å². The number of fused-ring (bicyclic) bond motifs is 1. The first-order valence-corrected chi connectivity index (χ1v) is 9.20. The van der Waals surface area contributed by atoms with E-state index < -0.39 is 6.61 Å². The summed E-state index contributed by atoms with van der Waals surface area (Å²) in [6, 6.07) is 6.11. The smallest absolute Gasteiger partial charge is 0.387 e. The highest BCUT2D eigenvalue weighted by molar-refractivity contribution is 5.97. The monoisotopic (exact) mass is 391 g/mol. The number of carbonyl (C=O) groups excluding carboxylic acids is 2. The maximum atomic E-state index is 12.5. The molecule has 6 nitrogen and oxygen atoms in total. The molecule has 2 aromatic rings. The lowest BCUT2D eigenvalue weighted by Gasteiger charge is -2.29. The number of carbonyl (C=O) groups is 2. The van der Waals surface area contributed by atoms with Crippen LogP contribution in [0.2, 0.25) is 0 Å². The van der Waals surface area contributed by atoms with Crippen LogP contribution in [0.1, 0.15) is 36.0 Å². The van der Waals surface area contributed by atoms with Gasteiger partial charge >= 0.3 is 6.61 Å². The Morgan fingerprint density at radius 1 is 1.18 bits per heavy atom. The Kier molecular flexibility index (Phi) is 6.06. The molecule has 1 aliphatic carbocycles. The number of benzene rings is 1. The zero-order valence-electron chi connectivity index (χ0n) is 15.8. The molecule has 3 rings (SSSR count). The highest BCUT2D eigenvalue weighted by Crippen LogP contribution is 2.26. The molecule has 0 saturated heterocycles. The molecule has 1 heterocycles. The first-order chi connectivity index (χ1) is 13.3. The molecule has 1 N–H and O–H groups in total. The predicted octanol–water partition coefficient (Wildman–Crippen LogP) is 3.21. The Labute approximate surface area is 161 Å². The first kappa shape index (κ1) is 20.0. The summed E-state index contributed by atoms with van der Waals surface area (Å²) in [5.74, 6) is -0.0465. The number of alkyl halides is 2. The fourth-order valence-corrected chi connectivity index (χ4v) is 3.52. The van der Waals surface area contributed by atoms with Gasteiger partial charge in [0, 0.05) is 43.7 Å². The maximum Gasteiger partial charge on any atom is 0.387 e. The summed E-state index contributed by atoms with van der Waals surface area (Å²) >= 11 is 0. The van der Waals surface area contributed by atoms with E-state index in [1.165, 1.54) is 18.3 Å². The molecule has 1 aliphatic rings. The van der Waals surface area contributed by atoms with Gasteiger partial charge in [-0.05, 0) is 43.9 Å². The summed E-state index contributed by atoms with van der Waals surface area (Å²) in [7, 11) is 3.51. The minimum absolute atomic E-state index is 0.0233. The lowest BCUT2D eigenvalue weighted by molar-refractivity contribution is -0.134. The van der Waals surface area contributed by atoms with Crippen LogP contribution in [0, 0.1) is 5.92 Å². The van der Waals surface area contributed by atoms with E-state index in [0.29, 0.717) is 16.5 Å². The molecule has 28 heavy (non-hydrogen) atoms. The van der Waals surface area contributed by atoms with Crippen LogP contribution in [-0.2, 0) is 4.79 Å². The van der Waals surface area contributed by atoms with Crippen molar-refractivity contribution in [2.45, 2.75) is 38.3 Å². The molecule has 150 valence electrons. The SMILES string of the molecule is CN(C)C(=O)C1CCC(NC(=O)c2cnc3cc(OC(F)F)ccc3c2)CC1. The summed E-state index contributed by atoms with van der Waals surface area (Å²) in [6.45, 7) is -2.90. The van der Waals surface area contributed by atoms with Gasteiger partial charge in [-0.3, -0.25) is 14.6 Å². The van der Waals surface area contributed by atoms with Crippen molar-refractivity contribution in [1.29, 1.82) is 0 Å². The standard InChI is InChI=1S/C20H23F2N3O3/c1-25(2)19(27)12-3-6-15(7-4-12)24-18(26)14-9-13-5-8-16(28-20(21)22)10-17(13)23-11-14/h5,8-12,15,20H,3-4,6-7H2,1-2H3,(H,24,26). The Morgan fingerprint density at radius 2 is 1.89 bits per heavy atom. The topological polar surface area (TPSA) is 71.5 Å². The average molecular weight is 391 g/mol. The van der Waals surface area contributed by atoms with Gasteiger partial charge in [0.2, 0.25) is 5.91 Å². The van der Waals surface area contributed by atoms with Crippen molar-refractivity contribution in [1.82, 2.24) is 15.2 Å². The molecule has 1 aromatic heterocycles. The summed E-state index contributed by atoms with van der Waals surface area (Å²) in [6.07, 6.45) is 4.44. The van der Waals surface area contributed by atoms with Crippen LogP contribution in [0.4, 0.5) is 8.78 Å². The van der Waals surface area contributed by atoms with Crippen molar-refractivity contribution in [2.75, 3.05) is 14.1 Å². The molecule has 0 unspecified atom stereocenters. The van der Waals surface area contributed by atoms with Crippen LogP contribution in [0.5, 0.6) is 5.75 Å². The van der Waals surface area contributed by atoms with Crippen molar-refractivity contribution in [2.24, 2.45) is 5.92 Å². The number of hydrogen-bond donors (Lipinski definition) is 1. The van der Waals surface area contributed by atoms with Crippen molar-refractivity contribution in [3.05, 3.63) is 36.0 Å². The number of rotatable bonds is 5. The number of ether oxygens (including phenoxy) is 1. The number of aromatic nitrogens is 1. The number of amides is 2. The highest BCUT2D eigenvalue weighted by Gasteiger charge is 2.28. The maximum absolute atomic E-state index is 12.5. The molecule has 2 amide bonds. The molecular weight excluding hydrogens is 368 g/mol. The molecule has 1 aromatic carbocycles. The number of hydrogen-bond acceptors (Lipinski definition) is 4. The summed E-state index contributed by atoms with van der Waals surface area (Å²) in [5.41, 5.74) is 0.874. The fourth-order valence-electron chi connectivity index (χ4n) is 3.52. The van der Waals surface area contributed by atoms with E-state index in [4.69, 9.17) is 0 Å². The van der Waals surface area contributed by atoms with Crippen LogP contribution in [0.3, 0.4) is 0 Å². The van der Waals surface area contributed by atoms with Crippen LogP contribution >= 0.6 is 0 Å². The van der Waals surface area contributed by atoms with Crippen molar-refractivity contribution in [3.63, 3.8) is 0 Å². The Balaban J connectivity index is 1.62. The van der Waals surface area contributed by atoms with E-state index in [9.17, 15) is 18.4 Å². The van der Waals surface area contributed by atoms with Gasteiger partial charge in [-0.15, -0.1) is 0 Å². The average Bonchev–Trinajstić information content (AvgIpc) is 2.67. The molecule has 0 spiro atoms. The van der Waals surface area contributed by atoms with Gasteiger partial charge in [0.05, 0.1) is 11.1 Å². The molecule has 0 atom stereocenters. The second-order valence-electron chi connectivity index (χ2n) is 7.21. The Hall–Kier alpha value is -2.77. The molecule has 8 heteroatoms. The van der Waals surface area contributed by atoms with Crippen LogP contribution in [0.15, 0.2) is 30.5 Å². The van der Waals surface area contributed by atoms with E-state index in [-0.39, 0.29) is 29.5 Å². The lowest BCUT2D eigenvalue weighted by Crippen LogP contribution is -2.40. The zero-order chi connectivity index (χ0) is 20.3. The number of halogens is 2. The molecule has 1 saturated carbocycles. The molecule has 0 radical (unpaired) electrons. The number of nitrogens with one attached hydrogen (secondary N) is 1. The zero-order valence-corrected chi connectivity index (χ0v) is 15.8. The van der Waals surface area contributed by atoms with Gasteiger partial charge in [-0.25, -0.2) is 0 Å². The first-order valence-electron chi connectivity index (χ1n) is 9.20. The lowest BCUT2D eigenvalue weighted by atomic mass is 9.85. The largest absolute Gasteiger partial charge is 0.435 e. The van der Waals surface area contributed by atoms with Crippen LogP contribution in [0.25, 0.3) is 10.9 Å². The quantitative estimate of drug-likeness (QED) is 0.850. The van der Waals surface area contributed by atoms with Crippen molar-refractivity contribution >= 4 is 22.7 Å². The number of nitrogens with zero attached hydrogens (tertiary/aromatic N) is 2. The van der Waals surface area contributed by atoms with Gasteiger partial charge in [0.15, 0.2) is 0 Å². The van der Waals surface area contributed by atoms with Crippen molar-refractivity contribution < 1.29 is 23.1 Å². The van der Waals surface area contributed by atoms with E-state index in [1.54, 1.807) is 31.1 Å². The summed E-state index contributed by atoms with van der Waals surface area (Å²) in [5, 5.41) is 3.66. The second kappa shape index (κ2) is 8.50. The van der Waals surface area contributed by atoms with E-state index in [0.717, 1.165) is 25.7 Å². The van der Waals surface area contributed by atoms with Gasteiger partial charge in [-0.1, -0.05) is 0 Å². The third-order valence-electron chi connectivity index (χ3n) is 5.00. The van der Waals surface area contributed by atoms with Crippen LogP contribution < -0.4 is 10.1 Å². The normalized spacial score (nSPS) is 19.5. The summed E-state index contributed by atoms with van der Waals surface area (Å²) < 4.78 is 29.0. The van der Waals surface area contributed by atoms with Gasteiger partial charge < -0.3 is 15.0 Å². The molecule has 0 bridgehead atoms. The minimum Gasteiger partial charge on any atom is -0.435 e. The fraction of sp³-hybridized carbons (Fsp3) is 0.450. The van der Waals surface area contributed by atoms with E-state index in [2.05, 4.69) is 15.0 Å². The van der Waals surface area contributed by atoms with E-state index >= 15 is 0 Å². The highest BCUT2D eigenvalue weighted by atomic mass is 19.3. The Morgan fingerprint density at radius 3 is 2.54 bits per heavy atom. The molecule has 0 aliphatic heterocycles. The minimum atomic E-state index is -2.90. The third kappa shape index (κ3) is 4.74. The predicted molar refractivity (Wildman–Crippen MR) is 100 cm³/mol. The summed E-state index contributed by atoms with van der Waals surface area (Å²) in [4.78, 5) is 30.4. The molecular formula is C20H23F2N3O3. The third-order valence-corrected chi connectivity index (χ3v) is 5.00.